The minimum Gasteiger partial charge on any atom is -0.444 e. The van der Waals surface area contributed by atoms with Crippen LogP contribution in [0.2, 0.25) is 10.0 Å². The molecule has 3 amide bonds. The quantitative estimate of drug-likeness (QED) is 0.232. The Kier molecular flexibility index (Phi) is 9.00. The van der Waals surface area contributed by atoms with E-state index in [4.69, 9.17) is 32.7 Å². The van der Waals surface area contributed by atoms with E-state index < -0.39 is 5.60 Å². The van der Waals surface area contributed by atoms with Crippen molar-refractivity contribution in [1.82, 2.24) is 19.4 Å². The Labute approximate surface area is 272 Å². The van der Waals surface area contributed by atoms with Gasteiger partial charge in [0.15, 0.2) is 0 Å². The van der Waals surface area contributed by atoms with Crippen LogP contribution in [0.25, 0.3) is 10.9 Å². The Morgan fingerprint density at radius 3 is 2.24 bits per heavy atom. The Morgan fingerprint density at radius 1 is 0.911 bits per heavy atom. The third kappa shape index (κ3) is 7.02. The molecule has 1 fully saturated rings. The lowest BCUT2D eigenvalue weighted by Gasteiger charge is -2.35. The Morgan fingerprint density at radius 2 is 1.60 bits per heavy atom. The van der Waals surface area contributed by atoms with E-state index in [1.54, 1.807) is 41.2 Å². The number of fused-ring (bicyclic) bond motifs is 1. The lowest BCUT2D eigenvalue weighted by molar-refractivity contribution is 0.0139. The van der Waals surface area contributed by atoms with Gasteiger partial charge < -0.3 is 28.7 Å². The van der Waals surface area contributed by atoms with Crippen LogP contribution in [0.5, 0.6) is 11.6 Å². The van der Waals surface area contributed by atoms with Gasteiger partial charge in [-0.3, -0.25) is 9.59 Å². The van der Waals surface area contributed by atoms with Crippen LogP contribution in [-0.2, 0) is 11.8 Å². The maximum Gasteiger partial charge on any atom is 0.410 e. The molecule has 1 aliphatic heterocycles. The number of carbonyl (C=O) groups excluding carboxylic acids is 3. The second-order valence-electron chi connectivity index (χ2n) is 12.0. The zero-order valence-corrected chi connectivity index (χ0v) is 27.6. The average molecular weight is 653 g/mol. The molecule has 10 nitrogen and oxygen atoms in total. The smallest absolute Gasteiger partial charge is 0.410 e. The molecule has 0 saturated carbocycles. The van der Waals surface area contributed by atoms with Crippen LogP contribution >= 0.6 is 23.2 Å². The number of nitrogens with zero attached hydrogens (tertiary/aromatic N) is 5. The van der Waals surface area contributed by atoms with E-state index in [-0.39, 0.29) is 17.9 Å². The summed E-state index contributed by atoms with van der Waals surface area (Å²) in [5.74, 6) is 0.559. The van der Waals surface area contributed by atoms with Gasteiger partial charge in [-0.1, -0.05) is 23.2 Å². The number of halogens is 2. The molecular formula is C33H35Cl2N5O5. The number of hydrogen-bond acceptors (Lipinski definition) is 6. The van der Waals surface area contributed by atoms with E-state index in [1.807, 2.05) is 63.6 Å². The van der Waals surface area contributed by atoms with Crippen molar-refractivity contribution in [3.05, 3.63) is 81.6 Å². The molecule has 0 aliphatic carbocycles. The minimum absolute atomic E-state index is 0.104. The summed E-state index contributed by atoms with van der Waals surface area (Å²) < 4.78 is 13.4. The minimum atomic E-state index is -0.570. The summed E-state index contributed by atoms with van der Waals surface area (Å²) in [5, 5.41) is 1.52. The zero-order chi connectivity index (χ0) is 32.6. The number of rotatable bonds is 5. The van der Waals surface area contributed by atoms with Crippen LogP contribution in [0.1, 0.15) is 47.2 Å². The first kappa shape index (κ1) is 32.1. The number of anilines is 1. The summed E-state index contributed by atoms with van der Waals surface area (Å²) in [7, 11) is 3.52. The SMILES string of the molecule is Cc1cc(Oc2ccc3c(c2)cc(C(=O)N2CCN(C(=O)OC(C)(C)C)CC2)n3C)ncc1N(C)C(=O)c1ccc(Cl)c(Cl)c1. The first-order valence-corrected chi connectivity index (χ1v) is 15.2. The molecule has 0 spiro atoms. The molecule has 4 aromatic rings. The van der Waals surface area contributed by atoms with E-state index in [2.05, 4.69) is 4.98 Å². The summed E-state index contributed by atoms with van der Waals surface area (Å²) in [6.07, 6.45) is 1.22. The predicted molar refractivity (Wildman–Crippen MR) is 175 cm³/mol. The van der Waals surface area contributed by atoms with Gasteiger partial charge in [0, 0.05) is 62.8 Å². The molecule has 1 saturated heterocycles. The Bertz CT molecular complexity index is 1790. The fourth-order valence-corrected chi connectivity index (χ4v) is 5.46. The number of pyridine rings is 1. The Hall–Kier alpha value is -4.28. The molecule has 0 atom stereocenters. The molecule has 236 valence electrons. The Balaban J connectivity index is 1.26. The van der Waals surface area contributed by atoms with Crippen molar-refractivity contribution in [2.24, 2.45) is 7.05 Å². The van der Waals surface area contributed by atoms with Crippen molar-refractivity contribution < 1.29 is 23.9 Å². The topological polar surface area (TPSA) is 97.2 Å². The monoisotopic (exact) mass is 651 g/mol. The largest absolute Gasteiger partial charge is 0.444 e. The molecule has 45 heavy (non-hydrogen) atoms. The van der Waals surface area contributed by atoms with E-state index in [9.17, 15) is 14.4 Å². The third-order valence-electron chi connectivity index (χ3n) is 7.56. The number of hydrogen-bond donors (Lipinski definition) is 0. The fraction of sp³-hybridized carbons (Fsp3) is 0.333. The fourth-order valence-electron chi connectivity index (χ4n) is 5.16. The van der Waals surface area contributed by atoms with E-state index >= 15 is 0 Å². The molecule has 12 heteroatoms. The van der Waals surface area contributed by atoms with Crippen molar-refractivity contribution in [2.45, 2.75) is 33.3 Å². The van der Waals surface area contributed by atoms with Gasteiger partial charge in [-0.05, 0) is 75.7 Å². The first-order chi connectivity index (χ1) is 21.2. The van der Waals surface area contributed by atoms with Gasteiger partial charge in [0.25, 0.3) is 11.8 Å². The third-order valence-corrected chi connectivity index (χ3v) is 8.30. The van der Waals surface area contributed by atoms with Gasteiger partial charge in [0.1, 0.15) is 17.0 Å². The predicted octanol–water partition coefficient (Wildman–Crippen LogP) is 6.95. The standard InChI is InChI=1S/C33H35Cl2N5O5/c1-20-15-29(36-19-28(20)38(6)30(41)21-7-9-24(34)25(35)17-21)44-23-8-10-26-22(16-23)18-27(37(26)5)31(42)39-11-13-40(14-12-39)32(43)45-33(2,3)4/h7-10,15-19H,11-14H2,1-6H3. The molecule has 0 radical (unpaired) electrons. The van der Waals surface area contributed by atoms with Gasteiger partial charge in [-0.25, -0.2) is 9.78 Å². The number of piperazine rings is 1. The molecule has 3 heterocycles. The van der Waals surface area contributed by atoms with Gasteiger partial charge in [-0.15, -0.1) is 0 Å². The van der Waals surface area contributed by atoms with Crippen LogP contribution in [0.15, 0.2) is 54.7 Å². The number of ether oxygens (including phenoxy) is 2. The molecule has 2 aromatic carbocycles. The zero-order valence-electron chi connectivity index (χ0n) is 26.1. The molecule has 1 aliphatic rings. The molecule has 0 unspecified atom stereocenters. The lowest BCUT2D eigenvalue weighted by atomic mass is 10.1. The number of amides is 3. The normalized spacial score (nSPS) is 13.6. The van der Waals surface area contributed by atoms with Crippen LogP contribution in [-0.4, -0.2) is 76.1 Å². The van der Waals surface area contributed by atoms with Crippen molar-refractivity contribution >= 4 is 57.7 Å². The van der Waals surface area contributed by atoms with Crippen molar-refractivity contribution in [3.8, 4) is 11.6 Å². The molecule has 5 rings (SSSR count). The van der Waals surface area contributed by atoms with Gasteiger partial charge in [0.05, 0.1) is 21.9 Å². The second-order valence-corrected chi connectivity index (χ2v) is 12.8. The van der Waals surface area contributed by atoms with Crippen molar-refractivity contribution in [1.29, 1.82) is 0 Å². The van der Waals surface area contributed by atoms with Crippen molar-refractivity contribution in [3.63, 3.8) is 0 Å². The highest BCUT2D eigenvalue weighted by atomic mass is 35.5. The molecular weight excluding hydrogens is 617 g/mol. The molecule has 0 bridgehead atoms. The molecule has 0 N–H and O–H groups in total. The van der Waals surface area contributed by atoms with Gasteiger partial charge in [-0.2, -0.15) is 0 Å². The number of benzene rings is 2. The highest BCUT2D eigenvalue weighted by Crippen LogP contribution is 2.30. The first-order valence-electron chi connectivity index (χ1n) is 14.5. The van der Waals surface area contributed by atoms with Crippen LogP contribution < -0.4 is 9.64 Å². The number of carbonyl (C=O) groups is 3. The highest BCUT2D eigenvalue weighted by Gasteiger charge is 2.29. The van der Waals surface area contributed by atoms with Crippen LogP contribution in [0.4, 0.5) is 10.5 Å². The maximum atomic E-state index is 13.5. The van der Waals surface area contributed by atoms with E-state index in [0.717, 1.165) is 16.5 Å². The van der Waals surface area contributed by atoms with Crippen LogP contribution in [0, 0.1) is 6.92 Å². The second kappa shape index (κ2) is 12.6. The van der Waals surface area contributed by atoms with Gasteiger partial charge >= 0.3 is 6.09 Å². The summed E-state index contributed by atoms with van der Waals surface area (Å²) in [6, 6.07) is 13.9. The summed E-state index contributed by atoms with van der Waals surface area (Å²) in [4.78, 5) is 48.2. The van der Waals surface area contributed by atoms with E-state index in [0.29, 0.717) is 64.8 Å². The van der Waals surface area contributed by atoms with Crippen molar-refractivity contribution in [2.75, 3.05) is 38.1 Å². The lowest BCUT2D eigenvalue weighted by Crippen LogP contribution is -2.51. The number of aromatic nitrogens is 2. The summed E-state index contributed by atoms with van der Waals surface area (Å²) in [6.45, 7) is 9.03. The summed E-state index contributed by atoms with van der Waals surface area (Å²) >= 11 is 12.1. The highest BCUT2D eigenvalue weighted by molar-refractivity contribution is 6.42. The maximum absolute atomic E-state index is 13.5. The number of aryl methyl sites for hydroxylation is 2. The van der Waals surface area contributed by atoms with Crippen LogP contribution in [0.3, 0.4) is 0 Å². The average Bonchev–Trinajstić information content (AvgIpc) is 3.32. The van der Waals surface area contributed by atoms with Gasteiger partial charge in [0.2, 0.25) is 5.88 Å². The van der Waals surface area contributed by atoms with E-state index in [1.165, 1.54) is 11.0 Å². The molecule has 2 aromatic heterocycles. The summed E-state index contributed by atoms with van der Waals surface area (Å²) in [5.41, 5.74) is 2.66.